The summed E-state index contributed by atoms with van der Waals surface area (Å²) in [5, 5.41) is 13.8. The Morgan fingerprint density at radius 3 is 2.74 bits per heavy atom. The molecule has 0 unspecified atom stereocenters. The van der Waals surface area contributed by atoms with Crippen molar-refractivity contribution in [1.29, 1.82) is 0 Å². The first kappa shape index (κ1) is 23.2. The van der Waals surface area contributed by atoms with E-state index in [4.69, 9.17) is 19.1 Å². The van der Waals surface area contributed by atoms with E-state index in [0.717, 1.165) is 9.25 Å². The van der Waals surface area contributed by atoms with E-state index in [9.17, 15) is 18.7 Å². The van der Waals surface area contributed by atoms with Crippen LogP contribution in [0.3, 0.4) is 0 Å². The van der Waals surface area contributed by atoms with E-state index < -0.39 is 51.6 Å². The van der Waals surface area contributed by atoms with Crippen LogP contribution in [-0.2, 0) is 18.6 Å². The largest absolute Gasteiger partial charge is 0.485 e. The Hall–Kier alpha value is -3.96. The molecule has 0 fully saturated rings. The molecule has 0 saturated carbocycles. The maximum absolute atomic E-state index is 16.1. The summed E-state index contributed by atoms with van der Waals surface area (Å²) < 4.78 is 67.5. The fourth-order valence-electron chi connectivity index (χ4n) is 3.91. The summed E-state index contributed by atoms with van der Waals surface area (Å²) in [5.41, 5.74) is -2.50. The van der Waals surface area contributed by atoms with Crippen molar-refractivity contribution in [3.05, 3.63) is 98.3 Å². The van der Waals surface area contributed by atoms with Crippen LogP contribution in [-0.4, -0.2) is 29.4 Å². The van der Waals surface area contributed by atoms with Gasteiger partial charge in [0.05, 0.1) is 20.3 Å². The van der Waals surface area contributed by atoms with Gasteiger partial charge in [0, 0.05) is 35.8 Å². The van der Waals surface area contributed by atoms with Crippen molar-refractivity contribution in [2.75, 3.05) is 0 Å². The summed E-state index contributed by atoms with van der Waals surface area (Å²) in [5.74, 6) is -3.89. The minimum atomic E-state index is -2.94. The number of pyridine rings is 3. The predicted octanol–water partition coefficient (Wildman–Crippen LogP) is 4.65. The van der Waals surface area contributed by atoms with E-state index in [0.29, 0.717) is 18.7 Å². The fourth-order valence-corrected chi connectivity index (χ4v) is 4.09. The predicted molar refractivity (Wildman–Crippen MR) is 133 cm³/mol. The highest BCUT2D eigenvalue weighted by Crippen LogP contribution is 2.31. The average molecular weight is 546 g/mol. The Balaban J connectivity index is 1.65. The van der Waals surface area contributed by atoms with Crippen LogP contribution in [0.2, 0.25) is 5.02 Å². The molecule has 0 spiro atoms. The second kappa shape index (κ2) is 9.73. The first-order chi connectivity index (χ1) is 18.8. The highest BCUT2D eigenvalue weighted by molar-refractivity contribution is 6.31. The van der Waals surface area contributed by atoms with E-state index in [1.54, 1.807) is 12.2 Å². The number of nitrogens with zero attached hydrogens (tertiary/aromatic N) is 5. The highest BCUT2D eigenvalue weighted by atomic mass is 35.5. The Bertz CT molecular complexity index is 1730. The molecule has 0 atom stereocenters. The van der Waals surface area contributed by atoms with Crippen molar-refractivity contribution in [1.82, 2.24) is 24.3 Å². The zero-order valence-electron chi connectivity index (χ0n) is 22.0. The third-order valence-corrected chi connectivity index (χ3v) is 6.13. The molecule has 4 aromatic rings. The van der Waals surface area contributed by atoms with Crippen LogP contribution < -0.4 is 10.3 Å². The molecule has 1 N–H and O–H groups in total. The van der Waals surface area contributed by atoms with Gasteiger partial charge in [0.15, 0.2) is 17.5 Å². The lowest BCUT2D eigenvalue weighted by Gasteiger charge is -2.20. The monoisotopic (exact) mass is 545 g/mol. The minimum absolute atomic E-state index is 0.177. The molecule has 12 heteroatoms. The number of aliphatic hydroxyl groups is 1. The molecule has 0 aromatic carbocycles. The third kappa shape index (κ3) is 4.70. The minimum Gasteiger partial charge on any atom is -0.485 e. The first-order valence-electron chi connectivity index (χ1n) is 12.4. The van der Waals surface area contributed by atoms with E-state index in [2.05, 4.69) is 15.1 Å². The molecule has 5 heterocycles. The van der Waals surface area contributed by atoms with Gasteiger partial charge >= 0.3 is 0 Å². The van der Waals surface area contributed by atoms with Crippen LogP contribution in [0.1, 0.15) is 45.7 Å². The van der Waals surface area contributed by atoms with Gasteiger partial charge in [-0.3, -0.25) is 14.3 Å². The van der Waals surface area contributed by atoms with E-state index >= 15 is 4.39 Å². The van der Waals surface area contributed by atoms with Crippen molar-refractivity contribution in [3.63, 3.8) is 0 Å². The molecule has 0 amide bonds. The van der Waals surface area contributed by atoms with Crippen LogP contribution in [0.5, 0.6) is 5.75 Å². The Morgan fingerprint density at radius 2 is 2.03 bits per heavy atom. The molecule has 8 nitrogen and oxygen atoms in total. The molecule has 38 heavy (non-hydrogen) atoms. The number of allylic oxidation sites excluding steroid dienone is 1. The van der Waals surface area contributed by atoms with Gasteiger partial charge in [0.25, 0.3) is 5.56 Å². The van der Waals surface area contributed by atoms with Crippen LogP contribution in [0.4, 0.5) is 13.2 Å². The molecular formula is C26H21ClF3N5O3. The van der Waals surface area contributed by atoms with Gasteiger partial charge < -0.3 is 9.84 Å². The van der Waals surface area contributed by atoms with Gasteiger partial charge in [0.2, 0.25) is 0 Å². The zero-order valence-corrected chi connectivity index (χ0v) is 20.8. The molecule has 196 valence electrons. The van der Waals surface area contributed by atoms with Crippen LogP contribution in [0.25, 0.3) is 17.6 Å². The second-order valence-electron chi connectivity index (χ2n) is 8.99. The summed E-state index contributed by atoms with van der Waals surface area (Å²) in [4.78, 5) is 21.2. The van der Waals surface area contributed by atoms with Crippen LogP contribution in [0.15, 0.2) is 47.7 Å². The second-order valence-corrected chi connectivity index (χ2v) is 9.37. The average Bonchev–Trinajstić information content (AvgIpc) is 3.35. The van der Waals surface area contributed by atoms with Gasteiger partial charge in [-0.2, -0.15) is 5.10 Å². The first-order valence-corrected chi connectivity index (χ1v) is 11.7. The molecule has 0 bridgehead atoms. The number of rotatable bonds is 5. The van der Waals surface area contributed by atoms with Crippen LogP contribution >= 0.6 is 11.6 Å². The molecule has 0 saturated heterocycles. The number of halogens is 4. The standard InChI is InChI=1S/C26H21ClF3N5O3/c1-26(2,37)20-7-8-34(33-20)24-22(30)23-14(11-32-24)5-3-4-6-16-10-19(21(27)25(36)35(16)23)38-13-18-17(29)9-15(28)12-31-18/h3,5,7-12,37H,4,6,13H2,1-2H3/b5-3-/i13D2. The van der Waals surface area contributed by atoms with Crippen LogP contribution in [0, 0.1) is 17.5 Å². The van der Waals surface area contributed by atoms with E-state index in [-0.39, 0.29) is 34.9 Å². The Kier molecular flexibility index (Phi) is 5.94. The third-order valence-electron chi connectivity index (χ3n) is 5.78. The maximum atomic E-state index is 16.1. The lowest BCUT2D eigenvalue weighted by atomic mass is 10.1. The van der Waals surface area contributed by atoms with Crippen molar-refractivity contribution in [2.45, 2.75) is 38.8 Å². The smallest absolute Gasteiger partial charge is 0.278 e. The molecule has 1 aliphatic heterocycles. The van der Waals surface area contributed by atoms with E-state index in [1.165, 1.54) is 38.4 Å². The van der Waals surface area contributed by atoms with Crippen molar-refractivity contribution in [3.8, 4) is 17.3 Å². The topological polar surface area (TPSA) is 95.1 Å². The summed E-state index contributed by atoms with van der Waals surface area (Å²) >= 11 is 6.31. The fraction of sp³-hybridized carbons (Fsp3) is 0.231. The Morgan fingerprint density at radius 1 is 1.24 bits per heavy atom. The molecular weight excluding hydrogens is 523 g/mol. The molecule has 0 radical (unpaired) electrons. The molecule has 1 aliphatic rings. The lowest BCUT2D eigenvalue weighted by molar-refractivity contribution is 0.0734. The number of hydrogen-bond acceptors (Lipinski definition) is 6. The van der Waals surface area contributed by atoms with Gasteiger partial charge in [-0.1, -0.05) is 23.8 Å². The summed E-state index contributed by atoms with van der Waals surface area (Å²) in [7, 11) is 0. The SMILES string of the molecule is [2H]C([2H])(Oc1cc2n(c(=O)c1Cl)-c1c(cnc(-n3ccc(C(C)(C)O)n3)c1F)/C=C\CC2)c1ncc(F)cc1F. The molecule has 5 rings (SSSR count). The summed E-state index contributed by atoms with van der Waals surface area (Å²) in [6.07, 6.45) is 7.37. The number of aryl methyl sites for hydroxylation is 1. The lowest BCUT2D eigenvalue weighted by Crippen LogP contribution is -2.26. The molecule has 4 aromatic heterocycles. The van der Waals surface area contributed by atoms with Crippen molar-refractivity contribution in [2.24, 2.45) is 0 Å². The van der Waals surface area contributed by atoms with Gasteiger partial charge in [0.1, 0.15) is 34.4 Å². The van der Waals surface area contributed by atoms with Crippen molar-refractivity contribution >= 4 is 17.7 Å². The maximum Gasteiger partial charge on any atom is 0.278 e. The van der Waals surface area contributed by atoms with Gasteiger partial charge in [-0.05, 0) is 32.8 Å². The molecule has 0 aliphatic carbocycles. The summed E-state index contributed by atoms with van der Waals surface area (Å²) in [6, 6.07) is 3.21. The highest BCUT2D eigenvalue weighted by Gasteiger charge is 2.26. The van der Waals surface area contributed by atoms with Crippen molar-refractivity contribution < 1.29 is 25.8 Å². The number of fused-ring (bicyclic) bond motifs is 3. The normalized spacial score (nSPS) is 15.0. The van der Waals surface area contributed by atoms with Gasteiger partial charge in [-0.15, -0.1) is 0 Å². The zero-order chi connectivity index (χ0) is 29.0. The van der Waals surface area contributed by atoms with E-state index in [1.807, 2.05) is 0 Å². The number of ether oxygens (including phenoxy) is 1. The Labute approximate surface area is 222 Å². The number of aromatic nitrogens is 5. The quantitative estimate of drug-likeness (QED) is 0.392. The summed E-state index contributed by atoms with van der Waals surface area (Å²) in [6.45, 7) is 0.108. The van der Waals surface area contributed by atoms with Gasteiger partial charge in [-0.25, -0.2) is 22.8 Å². The number of hydrogen-bond donors (Lipinski definition) is 1.